The van der Waals surface area contributed by atoms with E-state index in [0.29, 0.717) is 0 Å². The number of urea groups is 1. The van der Waals surface area contributed by atoms with Crippen LogP contribution in [0.15, 0.2) is 0 Å². The number of amides is 2. The van der Waals surface area contributed by atoms with Gasteiger partial charge >= 0.3 is 6.03 Å². The summed E-state index contributed by atoms with van der Waals surface area (Å²) >= 11 is 0. The molecule has 0 aromatic heterocycles. The molecule has 0 aliphatic rings. The van der Waals surface area contributed by atoms with Crippen LogP contribution in [-0.4, -0.2) is 55.6 Å². The van der Waals surface area contributed by atoms with E-state index >= 15 is 0 Å². The first kappa shape index (κ1) is 14.2. The number of hydrogen-bond acceptors (Lipinski definition) is 2. The maximum Gasteiger partial charge on any atom is 0.317 e. The summed E-state index contributed by atoms with van der Waals surface area (Å²) in [5, 5.41) is 2.66. The molecule has 90 valence electrons. The van der Waals surface area contributed by atoms with Crippen LogP contribution in [0.5, 0.6) is 0 Å². The van der Waals surface area contributed by atoms with Gasteiger partial charge in [-0.15, -0.1) is 0 Å². The predicted octanol–water partition coefficient (Wildman–Crippen LogP) is 1.38. The fourth-order valence-electron chi connectivity index (χ4n) is 1.59. The molecule has 4 nitrogen and oxygen atoms in total. The molecular weight excluding hydrogens is 190 g/mol. The molecule has 0 radical (unpaired) electrons. The molecule has 4 heteroatoms. The van der Waals surface area contributed by atoms with Crippen molar-refractivity contribution < 1.29 is 4.79 Å². The van der Waals surface area contributed by atoms with E-state index in [1.54, 1.807) is 7.05 Å². The van der Waals surface area contributed by atoms with Crippen LogP contribution in [0.4, 0.5) is 4.79 Å². The first-order chi connectivity index (χ1) is 7.19. The Bertz CT molecular complexity index is 169. The van der Waals surface area contributed by atoms with Crippen LogP contribution in [0, 0.1) is 0 Å². The van der Waals surface area contributed by atoms with Gasteiger partial charge in [-0.1, -0.05) is 13.8 Å². The SMILES string of the molecule is CCN(CC)CCCN(CC)C(=O)NC. The van der Waals surface area contributed by atoms with Crippen molar-refractivity contribution in [3.05, 3.63) is 0 Å². The second-order valence-corrected chi connectivity index (χ2v) is 3.52. The quantitative estimate of drug-likeness (QED) is 0.696. The van der Waals surface area contributed by atoms with Gasteiger partial charge in [0.15, 0.2) is 0 Å². The molecule has 0 spiro atoms. The van der Waals surface area contributed by atoms with Crippen molar-refractivity contribution in [1.29, 1.82) is 0 Å². The maximum absolute atomic E-state index is 11.4. The van der Waals surface area contributed by atoms with E-state index in [1.807, 2.05) is 11.8 Å². The standard InChI is InChI=1S/C11H25N3O/c1-5-13(6-2)9-8-10-14(7-3)11(15)12-4/h5-10H2,1-4H3,(H,12,15). The zero-order chi connectivity index (χ0) is 11.7. The normalized spacial score (nSPS) is 10.5. The number of carbonyl (C=O) groups is 1. The van der Waals surface area contributed by atoms with E-state index in [4.69, 9.17) is 0 Å². The summed E-state index contributed by atoms with van der Waals surface area (Å²) < 4.78 is 0. The summed E-state index contributed by atoms with van der Waals surface area (Å²) in [5.41, 5.74) is 0. The van der Waals surface area contributed by atoms with Crippen LogP contribution >= 0.6 is 0 Å². The third-order valence-electron chi connectivity index (χ3n) is 2.68. The van der Waals surface area contributed by atoms with Gasteiger partial charge in [0, 0.05) is 20.1 Å². The van der Waals surface area contributed by atoms with Gasteiger partial charge in [0.2, 0.25) is 0 Å². The Balaban J connectivity index is 3.76. The van der Waals surface area contributed by atoms with E-state index < -0.39 is 0 Å². The van der Waals surface area contributed by atoms with Crippen molar-refractivity contribution in [3.8, 4) is 0 Å². The number of hydrogen-bond donors (Lipinski definition) is 1. The van der Waals surface area contributed by atoms with Gasteiger partial charge in [-0.2, -0.15) is 0 Å². The van der Waals surface area contributed by atoms with E-state index in [0.717, 1.165) is 39.1 Å². The van der Waals surface area contributed by atoms with Crippen LogP contribution in [0.1, 0.15) is 27.2 Å². The first-order valence-corrected chi connectivity index (χ1v) is 5.88. The minimum atomic E-state index is 0.0250. The Morgan fingerprint density at radius 3 is 2.07 bits per heavy atom. The van der Waals surface area contributed by atoms with E-state index in [9.17, 15) is 4.79 Å². The Kier molecular flexibility index (Phi) is 8.09. The van der Waals surface area contributed by atoms with Crippen molar-refractivity contribution in [2.75, 3.05) is 39.8 Å². The number of carbonyl (C=O) groups excluding carboxylic acids is 1. The molecule has 0 aliphatic carbocycles. The zero-order valence-electron chi connectivity index (χ0n) is 10.5. The molecule has 0 bridgehead atoms. The summed E-state index contributed by atoms with van der Waals surface area (Å²) in [7, 11) is 1.68. The summed E-state index contributed by atoms with van der Waals surface area (Å²) in [4.78, 5) is 15.6. The molecule has 1 N–H and O–H groups in total. The lowest BCUT2D eigenvalue weighted by atomic mass is 10.3. The molecule has 2 amide bonds. The highest BCUT2D eigenvalue weighted by Crippen LogP contribution is 1.95. The Hall–Kier alpha value is -0.770. The van der Waals surface area contributed by atoms with Crippen molar-refractivity contribution in [2.24, 2.45) is 0 Å². The summed E-state index contributed by atoms with van der Waals surface area (Å²) in [6.07, 6.45) is 1.04. The summed E-state index contributed by atoms with van der Waals surface area (Å²) in [6, 6.07) is 0.0250. The highest BCUT2D eigenvalue weighted by Gasteiger charge is 2.08. The molecule has 15 heavy (non-hydrogen) atoms. The topological polar surface area (TPSA) is 35.6 Å². The molecule has 0 aromatic carbocycles. The van der Waals surface area contributed by atoms with Crippen LogP contribution in [0.2, 0.25) is 0 Å². The number of nitrogens with one attached hydrogen (secondary N) is 1. The van der Waals surface area contributed by atoms with E-state index in [1.165, 1.54) is 0 Å². The molecule has 0 aliphatic heterocycles. The average molecular weight is 215 g/mol. The van der Waals surface area contributed by atoms with Crippen LogP contribution in [0.3, 0.4) is 0 Å². The Morgan fingerprint density at radius 1 is 1.07 bits per heavy atom. The second-order valence-electron chi connectivity index (χ2n) is 3.52. The van der Waals surface area contributed by atoms with Gasteiger partial charge in [0.05, 0.1) is 0 Å². The lowest BCUT2D eigenvalue weighted by Gasteiger charge is -2.23. The van der Waals surface area contributed by atoms with Crippen molar-refractivity contribution in [1.82, 2.24) is 15.1 Å². The third-order valence-corrected chi connectivity index (χ3v) is 2.68. The molecule has 0 heterocycles. The lowest BCUT2D eigenvalue weighted by Crippen LogP contribution is -2.39. The molecule has 0 aromatic rings. The molecule has 0 saturated carbocycles. The summed E-state index contributed by atoms with van der Waals surface area (Å²) in [5.74, 6) is 0. The third kappa shape index (κ3) is 5.62. The van der Waals surface area contributed by atoms with Crippen LogP contribution in [0.25, 0.3) is 0 Å². The maximum atomic E-state index is 11.4. The fourth-order valence-corrected chi connectivity index (χ4v) is 1.59. The monoisotopic (exact) mass is 215 g/mol. The highest BCUT2D eigenvalue weighted by molar-refractivity contribution is 5.73. The predicted molar refractivity (Wildman–Crippen MR) is 64.1 cm³/mol. The molecule has 0 rings (SSSR count). The minimum Gasteiger partial charge on any atom is -0.341 e. The smallest absolute Gasteiger partial charge is 0.317 e. The van der Waals surface area contributed by atoms with Gasteiger partial charge in [-0.05, 0) is 33.0 Å². The zero-order valence-corrected chi connectivity index (χ0v) is 10.5. The molecule has 0 saturated heterocycles. The van der Waals surface area contributed by atoms with Gasteiger partial charge in [-0.3, -0.25) is 0 Å². The van der Waals surface area contributed by atoms with Crippen molar-refractivity contribution in [2.45, 2.75) is 27.2 Å². The average Bonchev–Trinajstić information content (AvgIpc) is 2.28. The summed E-state index contributed by atoms with van der Waals surface area (Å²) in [6.45, 7) is 11.2. The van der Waals surface area contributed by atoms with Gasteiger partial charge in [0.25, 0.3) is 0 Å². The van der Waals surface area contributed by atoms with E-state index in [2.05, 4.69) is 24.1 Å². The minimum absolute atomic E-state index is 0.0250. The molecular formula is C11H25N3O. The van der Waals surface area contributed by atoms with Crippen molar-refractivity contribution in [3.63, 3.8) is 0 Å². The largest absolute Gasteiger partial charge is 0.341 e. The Morgan fingerprint density at radius 2 is 1.67 bits per heavy atom. The van der Waals surface area contributed by atoms with Crippen LogP contribution in [-0.2, 0) is 0 Å². The van der Waals surface area contributed by atoms with Gasteiger partial charge in [0.1, 0.15) is 0 Å². The first-order valence-electron chi connectivity index (χ1n) is 5.88. The Labute approximate surface area is 93.6 Å². The van der Waals surface area contributed by atoms with Gasteiger partial charge < -0.3 is 15.1 Å². The number of rotatable bonds is 7. The second kappa shape index (κ2) is 8.53. The highest BCUT2D eigenvalue weighted by atomic mass is 16.2. The molecule has 0 unspecified atom stereocenters. The van der Waals surface area contributed by atoms with Crippen LogP contribution < -0.4 is 5.32 Å². The van der Waals surface area contributed by atoms with Crippen molar-refractivity contribution >= 4 is 6.03 Å². The molecule has 0 fully saturated rings. The van der Waals surface area contributed by atoms with Gasteiger partial charge in [-0.25, -0.2) is 4.79 Å². The molecule has 0 atom stereocenters. The van der Waals surface area contributed by atoms with E-state index in [-0.39, 0.29) is 6.03 Å². The number of nitrogens with zero attached hydrogens (tertiary/aromatic N) is 2. The lowest BCUT2D eigenvalue weighted by molar-refractivity contribution is 0.197. The fraction of sp³-hybridized carbons (Fsp3) is 0.909.